The van der Waals surface area contributed by atoms with Crippen LogP contribution in [0.1, 0.15) is 5.56 Å². The van der Waals surface area contributed by atoms with E-state index in [0.29, 0.717) is 11.3 Å². The van der Waals surface area contributed by atoms with Crippen LogP contribution in [-0.2, 0) is 10.0 Å². The van der Waals surface area contributed by atoms with Gasteiger partial charge in [-0.15, -0.1) is 0 Å². The van der Waals surface area contributed by atoms with Crippen LogP contribution in [-0.4, -0.2) is 28.9 Å². The number of nitrogens with zero attached hydrogens (tertiary/aromatic N) is 1. The Kier molecular flexibility index (Phi) is 5.46. The fourth-order valence-corrected chi connectivity index (χ4v) is 3.03. The third kappa shape index (κ3) is 4.37. The van der Waals surface area contributed by atoms with E-state index in [2.05, 4.69) is 9.93 Å². The molecule has 8 heteroatoms. The summed E-state index contributed by atoms with van der Waals surface area (Å²) >= 11 is 5.84. The van der Waals surface area contributed by atoms with Crippen LogP contribution in [0.25, 0.3) is 0 Å². The van der Waals surface area contributed by atoms with Crippen molar-refractivity contribution in [3.63, 3.8) is 0 Å². The van der Waals surface area contributed by atoms with Crippen LogP contribution in [0.4, 0.5) is 0 Å². The first-order chi connectivity index (χ1) is 11.0. The van der Waals surface area contributed by atoms with Gasteiger partial charge in [0.2, 0.25) is 0 Å². The highest BCUT2D eigenvalue weighted by atomic mass is 35.5. The molecule has 122 valence electrons. The molecular weight excluding hydrogens is 340 g/mol. The van der Waals surface area contributed by atoms with Gasteiger partial charge in [-0.2, -0.15) is 18.4 Å². The molecule has 0 aromatic heterocycles. The van der Waals surface area contributed by atoms with Gasteiger partial charge in [0.05, 0.1) is 20.4 Å². The van der Waals surface area contributed by atoms with Crippen molar-refractivity contribution in [2.45, 2.75) is 4.90 Å². The molecule has 0 spiro atoms. The number of ether oxygens (including phenoxy) is 2. The molecule has 0 heterocycles. The highest BCUT2D eigenvalue weighted by Gasteiger charge is 2.19. The molecule has 0 aliphatic heterocycles. The minimum Gasteiger partial charge on any atom is -0.497 e. The number of benzene rings is 2. The molecule has 2 aromatic rings. The molecule has 23 heavy (non-hydrogen) atoms. The number of rotatable bonds is 6. The van der Waals surface area contributed by atoms with E-state index in [1.807, 2.05) is 0 Å². The van der Waals surface area contributed by atoms with Crippen molar-refractivity contribution < 1.29 is 17.9 Å². The lowest BCUT2D eigenvalue weighted by Crippen LogP contribution is -2.19. The summed E-state index contributed by atoms with van der Waals surface area (Å²) in [5.74, 6) is 0.826. The molecule has 0 unspecified atom stereocenters. The summed E-state index contributed by atoms with van der Waals surface area (Å²) in [5.41, 5.74) is 0.685. The Balaban J connectivity index is 2.21. The van der Waals surface area contributed by atoms with Crippen molar-refractivity contribution in [1.82, 2.24) is 4.83 Å². The molecule has 0 saturated heterocycles. The average Bonchev–Trinajstić information content (AvgIpc) is 2.55. The molecular formula is C15H15ClN2O4S. The van der Waals surface area contributed by atoms with E-state index in [0.717, 1.165) is 0 Å². The van der Waals surface area contributed by atoms with Crippen molar-refractivity contribution >= 4 is 27.8 Å². The van der Waals surface area contributed by atoms with Crippen LogP contribution in [0, 0.1) is 0 Å². The van der Waals surface area contributed by atoms with Gasteiger partial charge >= 0.3 is 0 Å². The first-order valence-electron chi connectivity index (χ1n) is 6.49. The van der Waals surface area contributed by atoms with Gasteiger partial charge in [0.15, 0.2) is 0 Å². The van der Waals surface area contributed by atoms with Gasteiger partial charge in [-0.25, -0.2) is 0 Å². The first kappa shape index (κ1) is 17.1. The largest absolute Gasteiger partial charge is 0.497 e. The molecule has 2 rings (SSSR count). The molecule has 0 radical (unpaired) electrons. The summed E-state index contributed by atoms with van der Waals surface area (Å²) in [4.78, 5) is 2.04. The van der Waals surface area contributed by atoms with Crippen LogP contribution in [0.15, 0.2) is 52.5 Å². The molecule has 6 nitrogen and oxygen atoms in total. The van der Waals surface area contributed by atoms with Crippen LogP contribution >= 0.6 is 11.6 Å². The van der Waals surface area contributed by atoms with Gasteiger partial charge in [-0.3, -0.25) is 0 Å². The van der Waals surface area contributed by atoms with E-state index in [-0.39, 0.29) is 15.7 Å². The number of hydrogen-bond acceptors (Lipinski definition) is 5. The monoisotopic (exact) mass is 354 g/mol. The summed E-state index contributed by atoms with van der Waals surface area (Å²) in [5, 5.41) is 4.03. The van der Waals surface area contributed by atoms with Crippen LogP contribution in [0.3, 0.4) is 0 Å². The average molecular weight is 355 g/mol. The number of nitrogens with one attached hydrogen (secondary N) is 1. The van der Waals surface area contributed by atoms with E-state index in [1.54, 1.807) is 37.4 Å². The predicted molar refractivity (Wildman–Crippen MR) is 88.9 cm³/mol. The maximum Gasteiger partial charge on any atom is 0.280 e. The highest BCUT2D eigenvalue weighted by Crippen LogP contribution is 2.26. The summed E-state index contributed by atoms with van der Waals surface area (Å²) in [6.07, 6.45) is 1.37. The molecule has 1 N–H and O–H groups in total. The quantitative estimate of drug-likeness (QED) is 0.639. The Morgan fingerprint density at radius 1 is 1.13 bits per heavy atom. The zero-order valence-corrected chi connectivity index (χ0v) is 14.1. The van der Waals surface area contributed by atoms with E-state index < -0.39 is 10.0 Å². The number of methoxy groups -OCH3 is 2. The van der Waals surface area contributed by atoms with Crippen LogP contribution in [0.5, 0.6) is 11.5 Å². The zero-order chi connectivity index (χ0) is 16.9. The van der Waals surface area contributed by atoms with Gasteiger partial charge in [-0.1, -0.05) is 23.7 Å². The zero-order valence-electron chi connectivity index (χ0n) is 12.5. The highest BCUT2D eigenvalue weighted by molar-refractivity contribution is 7.89. The maximum atomic E-state index is 12.3. The third-order valence-electron chi connectivity index (χ3n) is 2.90. The Morgan fingerprint density at radius 3 is 2.61 bits per heavy atom. The Labute approximate surface area is 139 Å². The van der Waals surface area contributed by atoms with E-state index in [9.17, 15) is 8.42 Å². The maximum absolute atomic E-state index is 12.3. The van der Waals surface area contributed by atoms with Gasteiger partial charge in [0, 0.05) is 5.02 Å². The smallest absolute Gasteiger partial charge is 0.280 e. The normalized spacial score (nSPS) is 11.4. The fraction of sp³-hybridized carbons (Fsp3) is 0.133. The third-order valence-corrected chi connectivity index (χ3v) is 4.37. The number of hydrazone groups is 1. The predicted octanol–water partition coefficient (Wildman–Crippen LogP) is 2.67. The molecule has 0 fully saturated rings. The van der Waals surface area contributed by atoms with E-state index in [4.69, 9.17) is 21.1 Å². The van der Waals surface area contributed by atoms with E-state index in [1.165, 1.54) is 25.5 Å². The second-order valence-corrected chi connectivity index (χ2v) is 6.49. The second kappa shape index (κ2) is 7.34. The van der Waals surface area contributed by atoms with Gasteiger partial charge in [-0.05, 0) is 35.9 Å². The Hall–Kier alpha value is -2.25. The second-order valence-electron chi connectivity index (χ2n) is 4.42. The molecule has 0 aliphatic carbocycles. The lowest BCUT2D eigenvalue weighted by molar-refractivity contribution is 0.402. The first-order valence-corrected chi connectivity index (χ1v) is 8.35. The van der Waals surface area contributed by atoms with Crippen molar-refractivity contribution in [2.75, 3.05) is 14.2 Å². The molecule has 0 bridgehead atoms. The molecule has 0 amide bonds. The Bertz CT molecular complexity index is 822. The summed E-state index contributed by atoms with van der Waals surface area (Å²) < 4.78 is 34.7. The van der Waals surface area contributed by atoms with Gasteiger partial charge in [0.25, 0.3) is 10.0 Å². The van der Waals surface area contributed by atoms with Crippen molar-refractivity contribution in [2.24, 2.45) is 5.10 Å². The fourth-order valence-electron chi connectivity index (χ4n) is 1.80. The minimum absolute atomic E-state index is 0.0877. The summed E-state index contributed by atoms with van der Waals surface area (Å²) in [6, 6.07) is 11.3. The molecule has 0 aliphatic rings. The van der Waals surface area contributed by atoms with Crippen molar-refractivity contribution in [3.05, 3.63) is 53.1 Å². The lowest BCUT2D eigenvalue weighted by atomic mass is 10.2. The van der Waals surface area contributed by atoms with Crippen molar-refractivity contribution in [1.29, 1.82) is 0 Å². The lowest BCUT2D eigenvalue weighted by Gasteiger charge is -2.09. The number of halogens is 1. The summed E-state index contributed by atoms with van der Waals surface area (Å²) in [6.45, 7) is 0. The topological polar surface area (TPSA) is 77.0 Å². The molecule has 0 atom stereocenters. The van der Waals surface area contributed by atoms with Crippen molar-refractivity contribution in [3.8, 4) is 11.5 Å². The molecule has 2 aromatic carbocycles. The molecule has 0 saturated carbocycles. The number of hydrogen-bond donors (Lipinski definition) is 1. The minimum atomic E-state index is -3.90. The van der Waals surface area contributed by atoms with Gasteiger partial charge < -0.3 is 9.47 Å². The van der Waals surface area contributed by atoms with Crippen LogP contribution in [0.2, 0.25) is 5.02 Å². The van der Waals surface area contributed by atoms with Gasteiger partial charge in [0.1, 0.15) is 16.4 Å². The SMILES string of the molecule is COc1cccc(/C=N/NS(=O)(=O)c2cc(Cl)ccc2OC)c1. The van der Waals surface area contributed by atoms with E-state index >= 15 is 0 Å². The Morgan fingerprint density at radius 2 is 1.91 bits per heavy atom. The van der Waals surface area contributed by atoms with Crippen LogP contribution < -0.4 is 14.3 Å². The number of sulfonamides is 1. The summed E-state index contributed by atoms with van der Waals surface area (Å²) in [7, 11) is -0.977. The standard InChI is InChI=1S/C15H15ClN2O4S/c1-21-13-5-3-4-11(8-13)10-17-18-23(19,20)15-9-12(16)6-7-14(15)22-2/h3-10,18H,1-2H3/b17-10+.